The number of hydrogen-bond acceptors (Lipinski definition) is 6. The minimum absolute atomic E-state index is 0.183. The standard InChI is InChI=1S/C14H15N5O2S/c1-8(2)11-16-17-14-19(11)18-13(22-14)12(20)15-9-6-4-5-7-10(9)21-3/h4-8H,1-3H3,(H,15,20). The molecule has 0 aliphatic carbocycles. The highest BCUT2D eigenvalue weighted by molar-refractivity contribution is 7.18. The Morgan fingerprint density at radius 1 is 1.32 bits per heavy atom. The first-order chi connectivity index (χ1) is 10.6. The fraction of sp³-hybridized carbons (Fsp3) is 0.286. The molecule has 0 unspecified atom stereocenters. The Morgan fingerprint density at radius 3 is 2.82 bits per heavy atom. The number of carbonyl (C=O) groups excluding carboxylic acids is 1. The summed E-state index contributed by atoms with van der Waals surface area (Å²) in [5.74, 6) is 1.22. The maximum Gasteiger partial charge on any atom is 0.286 e. The Hall–Kier alpha value is -2.48. The summed E-state index contributed by atoms with van der Waals surface area (Å²) in [6, 6.07) is 7.22. The van der Waals surface area contributed by atoms with Crippen LogP contribution in [0.15, 0.2) is 24.3 Å². The summed E-state index contributed by atoms with van der Waals surface area (Å²) >= 11 is 1.20. The molecule has 0 aliphatic heterocycles. The molecule has 8 heteroatoms. The van der Waals surface area contributed by atoms with Crippen LogP contribution in [-0.2, 0) is 0 Å². The third-order valence-corrected chi connectivity index (χ3v) is 3.98. The molecule has 7 nitrogen and oxygen atoms in total. The van der Waals surface area contributed by atoms with E-state index < -0.39 is 0 Å². The number of aromatic nitrogens is 4. The third kappa shape index (κ3) is 2.52. The Labute approximate surface area is 130 Å². The highest BCUT2D eigenvalue weighted by Gasteiger charge is 2.19. The molecule has 3 aromatic rings. The number of para-hydroxylation sites is 2. The van der Waals surface area contributed by atoms with Crippen molar-refractivity contribution >= 4 is 27.9 Å². The van der Waals surface area contributed by atoms with E-state index in [1.165, 1.54) is 11.3 Å². The second kappa shape index (κ2) is 5.72. The van der Waals surface area contributed by atoms with Gasteiger partial charge in [-0.05, 0) is 12.1 Å². The third-order valence-electron chi connectivity index (χ3n) is 3.08. The van der Waals surface area contributed by atoms with E-state index in [0.29, 0.717) is 21.4 Å². The van der Waals surface area contributed by atoms with Gasteiger partial charge in [-0.15, -0.1) is 15.3 Å². The van der Waals surface area contributed by atoms with E-state index in [2.05, 4.69) is 20.6 Å². The molecule has 0 atom stereocenters. The smallest absolute Gasteiger partial charge is 0.286 e. The highest BCUT2D eigenvalue weighted by atomic mass is 32.1. The van der Waals surface area contributed by atoms with Gasteiger partial charge in [-0.3, -0.25) is 4.79 Å². The fourth-order valence-electron chi connectivity index (χ4n) is 2.01. The largest absolute Gasteiger partial charge is 0.495 e. The van der Waals surface area contributed by atoms with E-state index in [-0.39, 0.29) is 11.8 Å². The van der Waals surface area contributed by atoms with E-state index in [0.717, 1.165) is 5.82 Å². The van der Waals surface area contributed by atoms with Gasteiger partial charge in [0.1, 0.15) is 5.75 Å². The molecule has 2 heterocycles. The first kappa shape index (κ1) is 14.5. The SMILES string of the molecule is COc1ccccc1NC(=O)c1nn2c(C(C)C)nnc2s1. The van der Waals surface area contributed by atoms with E-state index >= 15 is 0 Å². The summed E-state index contributed by atoms with van der Waals surface area (Å²) in [5, 5.41) is 15.6. The van der Waals surface area contributed by atoms with Crippen LogP contribution in [-0.4, -0.2) is 32.8 Å². The summed E-state index contributed by atoms with van der Waals surface area (Å²) in [4.78, 5) is 13.0. The van der Waals surface area contributed by atoms with E-state index in [9.17, 15) is 4.79 Å². The zero-order chi connectivity index (χ0) is 15.7. The average Bonchev–Trinajstić information content (AvgIpc) is 3.07. The number of nitrogens with zero attached hydrogens (tertiary/aromatic N) is 4. The van der Waals surface area contributed by atoms with Crippen LogP contribution in [0.1, 0.15) is 35.4 Å². The quantitative estimate of drug-likeness (QED) is 0.800. The summed E-state index contributed by atoms with van der Waals surface area (Å²) in [6.45, 7) is 4.01. The van der Waals surface area contributed by atoms with Crippen molar-refractivity contribution in [2.24, 2.45) is 0 Å². The minimum Gasteiger partial charge on any atom is -0.495 e. The van der Waals surface area contributed by atoms with Crippen molar-refractivity contribution in [3.05, 3.63) is 35.1 Å². The van der Waals surface area contributed by atoms with Gasteiger partial charge in [0.2, 0.25) is 9.97 Å². The van der Waals surface area contributed by atoms with Crippen molar-refractivity contribution in [2.75, 3.05) is 12.4 Å². The van der Waals surface area contributed by atoms with Gasteiger partial charge < -0.3 is 10.1 Å². The van der Waals surface area contributed by atoms with Crippen molar-refractivity contribution in [3.8, 4) is 5.75 Å². The van der Waals surface area contributed by atoms with Gasteiger partial charge in [0.15, 0.2) is 5.82 Å². The van der Waals surface area contributed by atoms with Crippen LogP contribution < -0.4 is 10.1 Å². The van der Waals surface area contributed by atoms with Crippen LogP contribution in [0.4, 0.5) is 5.69 Å². The molecule has 0 spiro atoms. The molecule has 3 rings (SSSR count). The number of nitrogens with one attached hydrogen (secondary N) is 1. The number of benzene rings is 1. The lowest BCUT2D eigenvalue weighted by Gasteiger charge is -2.08. The van der Waals surface area contributed by atoms with Gasteiger partial charge in [0.25, 0.3) is 5.91 Å². The van der Waals surface area contributed by atoms with Crippen LogP contribution in [0, 0.1) is 0 Å². The number of amides is 1. The van der Waals surface area contributed by atoms with Crippen LogP contribution >= 0.6 is 11.3 Å². The molecular weight excluding hydrogens is 302 g/mol. The van der Waals surface area contributed by atoms with E-state index in [1.54, 1.807) is 23.8 Å². The van der Waals surface area contributed by atoms with Crippen LogP contribution in [0.5, 0.6) is 5.75 Å². The average molecular weight is 317 g/mol. The monoisotopic (exact) mass is 317 g/mol. The Kier molecular flexibility index (Phi) is 3.76. The van der Waals surface area contributed by atoms with Gasteiger partial charge in [0, 0.05) is 5.92 Å². The van der Waals surface area contributed by atoms with Crippen LogP contribution in [0.3, 0.4) is 0 Å². The molecule has 1 aromatic carbocycles. The second-order valence-corrected chi connectivity index (χ2v) is 5.92. The predicted octanol–water partition coefficient (Wildman–Crippen LogP) is 2.57. The molecule has 0 saturated carbocycles. The molecular formula is C14H15N5O2S. The summed E-state index contributed by atoms with van der Waals surface area (Å²) in [6.07, 6.45) is 0. The van der Waals surface area contributed by atoms with Gasteiger partial charge in [-0.25, -0.2) is 0 Å². The van der Waals surface area contributed by atoms with Crippen molar-refractivity contribution in [2.45, 2.75) is 19.8 Å². The van der Waals surface area contributed by atoms with Gasteiger partial charge in [0.05, 0.1) is 12.8 Å². The lowest BCUT2D eigenvalue weighted by Crippen LogP contribution is -2.13. The lowest BCUT2D eigenvalue weighted by atomic mass is 10.2. The number of hydrogen-bond donors (Lipinski definition) is 1. The molecule has 0 saturated heterocycles. The van der Waals surface area contributed by atoms with E-state index in [1.807, 2.05) is 26.0 Å². The Balaban J connectivity index is 1.89. The molecule has 22 heavy (non-hydrogen) atoms. The van der Waals surface area contributed by atoms with Crippen molar-refractivity contribution in [1.29, 1.82) is 0 Å². The molecule has 2 aromatic heterocycles. The van der Waals surface area contributed by atoms with Crippen LogP contribution in [0.2, 0.25) is 0 Å². The summed E-state index contributed by atoms with van der Waals surface area (Å²) in [5.41, 5.74) is 0.602. The minimum atomic E-state index is -0.297. The number of carbonyl (C=O) groups is 1. The topological polar surface area (TPSA) is 81.4 Å². The zero-order valence-corrected chi connectivity index (χ0v) is 13.2. The highest BCUT2D eigenvalue weighted by Crippen LogP contribution is 2.25. The van der Waals surface area contributed by atoms with Crippen LogP contribution in [0.25, 0.3) is 4.96 Å². The van der Waals surface area contributed by atoms with Crippen molar-refractivity contribution in [3.63, 3.8) is 0 Å². The summed E-state index contributed by atoms with van der Waals surface area (Å²) < 4.78 is 6.83. The molecule has 1 N–H and O–H groups in total. The first-order valence-corrected chi connectivity index (χ1v) is 7.58. The zero-order valence-electron chi connectivity index (χ0n) is 12.4. The predicted molar refractivity (Wildman–Crippen MR) is 83.7 cm³/mol. The summed E-state index contributed by atoms with van der Waals surface area (Å²) in [7, 11) is 1.56. The number of anilines is 1. The van der Waals surface area contributed by atoms with Gasteiger partial charge in [-0.1, -0.05) is 37.3 Å². The molecule has 0 radical (unpaired) electrons. The van der Waals surface area contributed by atoms with Gasteiger partial charge >= 0.3 is 0 Å². The number of fused-ring (bicyclic) bond motifs is 1. The normalized spacial score (nSPS) is 11.1. The van der Waals surface area contributed by atoms with Crippen molar-refractivity contribution < 1.29 is 9.53 Å². The van der Waals surface area contributed by atoms with Gasteiger partial charge in [-0.2, -0.15) is 4.52 Å². The van der Waals surface area contributed by atoms with E-state index in [4.69, 9.17) is 4.74 Å². The van der Waals surface area contributed by atoms with Crippen molar-refractivity contribution in [1.82, 2.24) is 19.8 Å². The second-order valence-electron chi connectivity index (χ2n) is 4.97. The maximum absolute atomic E-state index is 12.4. The Bertz CT molecular complexity index is 824. The number of rotatable bonds is 4. The molecule has 0 fully saturated rings. The fourth-order valence-corrected chi connectivity index (χ4v) is 2.75. The number of ether oxygens (including phenoxy) is 1. The molecule has 114 valence electrons. The molecule has 1 amide bonds. The Morgan fingerprint density at radius 2 is 2.09 bits per heavy atom. The maximum atomic E-state index is 12.4. The lowest BCUT2D eigenvalue weighted by molar-refractivity contribution is 0.102. The molecule has 0 aliphatic rings. The molecule has 0 bridgehead atoms. The number of methoxy groups -OCH3 is 1. The first-order valence-electron chi connectivity index (χ1n) is 6.76.